The summed E-state index contributed by atoms with van der Waals surface area (Å²) in [6.45, 7) is 2.70. The number of dihydropyridines is 1. The van der Waals surface area contributed by atoms with Gasteiger partial charge in [0.15, 0.2) is 0 Å². The number of hydrogen-bond acceptors (Lipinski definition) is 2. The Balaban J connectivity index is 2.78. The first-order valence-corrected chi connectivity index (χ1v) is 2.94. The van der Waals surface area contributed by atoms with Crippen molar-refractivity contribution < 1.29 is 0 Å². The zero-order chi connectivity index (χ0) is 6.69. The Morgan fingerprint density at radius 3 is 3.00 bits per heavy atom. The van der Waals surface area contributed by atoms with Crippen LogP contribution in [-0.2, 0) is 0 Å². The minimum Gasteiger partial charge on any atom is -0.290 e. The third-order valence-corrected chi connectivity index (χ3v) is 1.27. The standard InChI is InChI=1S/C7H8N2/c1-6-4-7(5-8)2-3-9-6/h4H,2-3H2,1H3. The molecule has 0 N–H and O–H groups in total. The Labute approximate surface area is 54.5 Å². The van der Waals surface area contributed by atoms with Gasteiger partial charge in [-0.25, -0.2) is 0 Å². The predicted molar refractivity (Wildman–Crippen MR) is 36.3 cm³/mol. The summed E-state index contributed by atoms with van der Waals surface area (Å²) in [5, 5.41) is 8.44. The maximum absolute atomic E-state index is 8.44. The molecule has 0 fully saturated rings. The Morgan fingerprint density at radius 1 is 1.78 bits per heavy atom. The lowest BCUT2D eigenvalue weighted by atomic mass is 10.1. The molecule has 0 radical (unpaired) electrons. The molecule has 1 rings (SSSR count). The Morgan fingerprint density at radius 2 is 2.56 bits per heavy atom. The van der Waals surface area contributed by atoms with Gasteiger partial charge < -0.3 is 0 Å². The smallest absolute Gasteiger partial charge is 0.0948 e. The van der Waals surface area contributed by atoms with Gasteiger partial charge in [-0.1, -0.05) is 0 Å². The number of nitrogens with zero attached hydrogens (tertiary/aromatic N) is 2. The lowest BCUT2D eigenvalue weighted by molar-refractivity contribution is 0.960. The number of allylic oxidation sites excluding steroid dienone is 1. The van der Waals surface area contributed by atoms with E-state index < -0.39 is 0 Å². The lowest BCUT2D eigenvalue weighted by Crippen LogP contribution is -1.98. The van der Waals surface area contributed by atoms with Gasteiger partial charge in [-0.3, -0.25) is 4.99 Å². The van der Waals surface area contributed by atoms with Crippen LogP contribution in [0.15, 0.2) is 16.6 Å². The monoisotopic (exact) mass is 120 g/mol. The zero-order valence-corrected chi connectivity index (χ0v) is 5.39. The maximum atomic E-state index is 8.44. The van der Waals surface area contributed by atoms with Crippen LogP contribution in [0.5, 0.6) is 0 Å². The highest BCUT2D eigenvalue weighted by atomic mass is 14.7. The van der Waals surface area contributed by atoms with E-state index in [-0.39, 0.29) is 0 Å². The van der Waals surface area contributed by atoms with Gasteiger partial charge in [-0.15, -0.1) is 0 Å². The summed E-state index contributed by atoms with van der Waals surface area (Å²) in [6.07, 6.45) is 2.65. The summed E-state index contributed by atoms with van der Waals surface area (Å²) >= 11 is 0. The van der Waals surface area contributed by atoms with Gasteiger partial charge in [0, 0.05) is 24.3 Å². The third kappa shape index (κ3) is 1.39. The zero-order valence-electron chi connectivity index (χ0n) is 5.39. The molecular weight excluding hydrogens is 112 g/mol. The van der Waals surface area contributed by atoms with Crippen molar-refractivity contribution in [3.63, 3.8) is 0 Å². The van der Waals surface area contributed by atoms with E-state index in [2.05, 4.69) is 11.1 Å². The van der Waals surface area contributed by atoms with Crippen molar-refractivity contribution in [2.45, 2.75) is 13.3 Å². The second-order valence-corrected chi connectivity index (χ2v) is 2.05. The molecular formula is C7H8N2. The van der Waals surface area contributed by atoms with Gasteiger partial charge >= 0.3 is 0 Å². The Hall–Kier alpha value is -1.10. The molecule has 1 aliphatic heterocycles. The molecule has 0 bridgehead atoms. The summed E-state index contributed by atoms with van der Waals surface area (Å²) in [7, 11) is 0. The Bertz CT molecular complexity index is 205. The molecule has 0 aliphatic carbocycles. The van der Waals surface area contributed by atoms with Gasteiger partial charge in [0.2, 0.25) is 0 Å². The van der Waals surface area contributed by atoms with Crippen LogP contribution in [0.2, 0.25) is 0 Å². The van der Waals surface area contributed by atoms with E-state index >= 15 is 0 Å². The molecule has 9 heavy (non-hydrogen) atoms. The third-order valence-electron chi connectivity index (χ3n) is 1.27. The topological polar surface area (TPSA) is 36.1 Å². The van der Waals surface area contributed by atoms with Crippen LogP contribution in [0.3, 0.4) is 0 Å². The van der Waals surface area contributed by atoms with Crippen molar-refractivity contribution in [2.75, 3.05) is 6.54 Å². The second-order valence-electron chi connectivity index (χ2n) is 2.05. The molecule has 46 valence electrons. The maximum Gasteiger partial charge on any atom is 0.0948 e. The highest BCUT2D eigenvalue weighted by Crippen LogP contribution is 2.05. The first kappa shape index (κ1) is 6.03. The van der Waals surface area contributed by atoms with Gasteiger partial charge in [-0.2, -0.15) is 5.26 Å². The van der Waals surface area contributed by atoms with Crippen molar-refractivity contribution >= 4 is 5.71 Å². The van der Waals surface area contributed by atoms with Crippen molar-refractivity contribution in [1.82, 2.24) is 0 Å². The van der Waals surface area contributed by atoms with Gasteiger partial charge in [0.25, 0.3) is 0 Å². The minimum atomic E-state index is 0.783. The van der Waals surface area contributed by atoms with E-state index in [9.17, 15) is 0 Å². The quantitative estimate of drug-likeness (QED) is 0.474. The van der Waals surface area contributed by atoms with E-state index in [0.29, 0.717) is 0 Å². The fraction of sp³-hybridized carbons (Fsp3) is 0.429. The summed E-state index contributed by atoms with van der Waals surface area (Å²) in [5.41, 5.74) is 1.82. The van der Waals surface area contributed by atoms with E-state index in [4.69, 9.17) is 5.26 Å². The molecule has 0 atom stereocenters. The van der Waals surface area contributed by atoms with Crippen LogP contribution in [0, 0.1) is 11.3 Å². The second kappa shape index (κ2) is 2.45. The van der Waals surface area contributed by atoms with Crippen LogP contribution in [-0.4, -0.2) is 12.3 Å². The first-order valence-electron chi connectivity index (χ1n) is 2.94. The highest BCUT2D eigenvalue weighted by molar-refractivity contribution is 5.94. The van der Waals surface area contributed by atoms with E-state index in [1.54, 1.807) is 0 Å². The predicted octanol–water partition coefficient (Wildman–Crippen LogP) is 1.30. The minimum absolute atomic E-state index is 0.783. The van der Waals surface area contributed by atoms with Crippen LogP contribution in [0.25, 0.3) is 0 Å². The lowest BCUT2D eigenvalue weighted by Gasteiger charge is -2.02. The molecule has 0 saturated heterocycles. The van der Waals surface area contributed by atoms with Crippen LogP contribution >= 0.6 is 0 Å². The fourth-order valence-electron chi connectivity index (χ4n) is 0.811. The molecule has 0 unspecified atom stereocenters. The van der Waals surface area contributed by atoms with Crippen molar-refractivity contribution in [3.8, 4) is 6.07 Å². The first-order chi connectivity index (χ1) is 4.33. The summed E-state index contributed by atoms with van der Waals surface area (Å²) in [4.78, 5) is 4.12. The molecule has 0 saturated carbocycles. The average molecular weight is 120 g/mol. The molecule has 0 spiro atoms. The summed E-state index contributed by atoms with van der Waals surface area (Å²) < 4.78 is 0. The van der Waals surface area contributed by atoms with Crippen molar-refractivity contribution in [1.29, 1.82) is 5.26 Å². The van der Waals surface area contributed by atoms with Crippen LogP contribution < -0.4 is 0 Å². The largest absolute Gasteiger partial charge is 0.290 e. The number of aliphatic imine (C=N–C) groups is 1. The summed E-state index contributed by atoms with van der Waals surface area (Å²) in [5.74, 6) is 0. The molecule has 2 nitrogen and oxygen atoms in total. The number of nitriles is 1. The van der Waals surface area contributed by atoms with E-state index in [1.165, 1.54) is 0 Å². The van der Waals surface area contributed by atoms with Gasteiger partial charge in [0.05, 0.1) is 6.07 Å². The van der Waals surface area contributed by atoms with Gasteiger partial charge in [0.1, 0.15) is 0 Å². The Kier molecular flexibility index (Phi) is 1.64. The molecule has 1 heterocycles. The molecule has 1 aliphatic rings. The van der Waals surface area contributed by atoms with E-state index in [1.807, 2.05) is 13.0 Å². The molecule has 0 aromatic heterocycles. The highest BCUT2D eigenvalue weighted by Gasteiger charge is 2.00. The van der Waals surface area contributed by atoms with Crippen LogP contribution in [0.1, 0.15) is 13.3 Å². The SMILES string of the molecule is CC1=NCCC(C#N)=C1. The molecule has 0 amide bonds. The van der Waals surface area contributed by atoms with Crippen LogP contribution in [0.4, 0.5) is 0 Å². The molecule has 0 aromatic carbocycles. The fourth-order valence-corrected chi connectivity index (χ4v) is 0.811. The molecule has 0 aromatic rings. The average Bonchev–Trinajstić information content (AvgIpc) is 1.88. The van der Waals surface area contributed by atoms with Gasteiger partial charge in [-0.05, 0) is 13.0 Å². The van der Waals surface area contributed by atoms with Crippen molar-refractivity contribution in [2.24, 2.45) is 4.99 Å². The molecule has 2 heteroatoms. The van der Waals surface area contributed by atoms with E-state index in [0.717, 1.165) is 24.3 Å². The normalized spacial score (nSPS) is 17.8. The number of hydrogen-bond donors (Lipinski definition) is 0. The number of rotatable bonds is 0. The van der Waals surface area contributed by atoms with Crippen molar-refractivity contribution in [3.05, 3.63) is 11.6 Å². The summed E-state index contributed by atoms with van der Waals surface area (Å²) in [6, 6.07) is 2.11.